The van der Waals surface area contributed by atoms with Crippen LogP contribution < -0.4 is 0 Å². The van der Waals surface area contributed by atoms with Gasteiger partial charge >= 0.3 is 5.97 Å². The minimum Gasteiger partial charge on any atom is -0.462 e. The number of allylic oxidation sites excluding steroid dienone is 1. The van der Waals surface area contributed by atoms with Gasteiger partial charge in [-0.3, -0.25) is 4.90 Å². The minimum atomic E-state index is -0.501. The molecule has 0 aromatic heterocycles. The van der Waals surface area contributed by atoms with Crippen LogP contribution in [0.3, 0.4) is 0 Å². The van der Waals surface area contributed by atoms with Gasteiger partial charge in [0, 0.05) is 16.9 Å². The molecule has 0 unspecified atom stereocenters. The molecule has 92 valence electrons. The van der Waals surface area contributed by atoms with Crippen LogP contribution in [0.1, 0.15) is 13.8 Å². The lowest BCUT2D eigenvalue weighted by molar-refractivity contribution is -0.137. The molecule has 0 bridgehead atoms. The molecule has 0 aliphatic carbocycles. The molecule has 6 heteroatoms. The summed E-state index contributed by atoms with van der Waals surface area (Å²) in [6.07, 6.45) is 2.87. The van der Waals surface area contributed by atoms with E-state index in [4.69, 9.17) is 16.3 Å². The summed E-state index contributed by atoms with van der Waals surface area (Å²) in [5.74, 6) is 0.0809. The third kappa shape index (κ3) is 2.98. The Morgan fingerprint density at radius 2 is 2.41 bits per heavy atom. The van der Waals surface area contributed by atoms with Gasteiger partial charge in [0.2, 0.25) is 0 Å². The second-order valence-corrected chi connectivity index (χ2v) is 4.64. The number of hydrogen-bond acceptors (Lipinski definition) is 4. The van der Waals surface area contributed by atoms with E-state index in [1.807, 2.05) is 6.92 Å². The van der Waals surface area contributed by atoms with Crippen LogP contribution in [0.15, 0.2) is 38.8 Å². The van der Waals surface area contributed by atoms with Crippen LogP contribution >= 0.6 is 27.5 Å². The lowest BCUT2D eigenvalue weighted by Gasteiger charge is -2.24. The highest BCUT2D eigenvalue weighted by atomic mass is 79.9. The number of carbonyl (C=O) groups excluding carboxylic acids is 1. The molecule has 0 aromatic rings. The summed E-state index contributed by atoms with van der Waals surface area (Å²) in [5, 5.41) is 0.224. The van der Waals surface area contributed by atoms with E-state index < -0.39 is 5.97 Å². The molecule has 0 saturated heterocycles. The van der Waals surface area contributed by atoms with E-state index in [0.717, 1.165) is 4.48 Å². The molecule has 4 nitrogen and oxygen atoms in total. The minimum absolute atomic E-state index is 0.214. The number of rotatable bonds is 3. The van der Waals surface area contributed by atoms with Crippen LogP contribution in [0, 0.1) is 0 Å². The van der Waals surface area contributed by atoms with E-state index in [1.54, 1.807) is 6.92 Å². The van der Waals surface area contributed by atoms with Gasteiger partial charge in [-0.05, 0) is 13.8 Å². The predicted octanol–water partition coefficient (Wildman–Crippen LogP) is 3.11. The lowest BCUT2D eigenvalue weighted by atomic mass is 10.2. The van der Waals surface area contributed by atoms with Crippen molar-refractivity contribution in [2.24, 2.45) is 4.99 Å². The molecule has 17 heavy (non-hydrogen) atoms. The Kier molecular flexibility index (Phi) is 4.96. The van der Waals surface area contributed by atoms with Gasteiger partial charge in [-0.15, -0.1) is 0 Å². The van der Waals surface area contributed by atoms with Crippen molar-refractivity contribution in [3.63, 3.8) is 0 Å². The van der Waals surface area contributed by atoms with Gasteiger partial charge in [-0.1, -0.05) is 34.1 Å². The zero-order valence-corrected chi connectivity index (χ0v) is 11.9. The summed E-state index contributed by atoms with van der Waals surface area (Å²) >= 11 is 9.42. The van der Waals surface area contributed by atoms with Crippen LogP contribution in [-0.4, -0.2) is 23.7 Å². The van der Waals surface area contributed by atoms with Crippen molar-refractivity contribution in [3.8, 4) is 0 Å². The molecule has 1 heterocycles. The van der Waals surface area contributed by atoms with Crippen molar-refractivity contribution in [2.45, 2.75) is 13.8 Å². The molecule has 1 aliphatic rings. The van der Waals surface area contributed by atoms with E-state index in [2.05, 4.69) is 27.5 Å². The van der Waals surface area contributed by atoms with E-state index in [9.17, 15) is 4.79 Å². The molecule has 1 aliphatic heterocycles. The first-order chi connectivity index (χ1) is 8.02. The largest absolute Gasteiger partial charge is 0.462 e. The van der Waals surface area contributed by atoms with Gasteiger partial charge in [0.05, 0.1) is 6.61 Å². The maximum Gasteiger partial charge on any atom is 0.342 e. The highest BCUT2D eigenvalue weighted by molar-refractivity contribution is 9.11. The van der Waals surface area contributed by atoms with Crippen molar-refractivity contribution < 1.29 is 9.53 Å². The van der Waals surface area contributed by atoms with Gasteiger partial charge in [-0.25, -0.2) is 9.79 Å². The Bertz CT molecular complexity index is 437. The lowest BCUT2D eigenvalue weighted by Crippen LogP contribution is -2.23. The SMILES string of the molecule is C=CN1C(Cl)=C(C(=O)OCC)C=N/C1=C(/C)Br. The second-order valence-electron chi connectivity index (χ2n) is 3.09. The van der Waals surface area contributed by atoms with Crippen LogP contribution in [0.25, 0.3) is 0 Å². The zero-order chi connectivity index (χ0) is 13.0. The molecule has 1 rings (SSSR count). The predicted molar refractivity (Wildman–Crippen MR) is 71.7 cm³/mol. The molecule has 0 fully saturated rings. The van der Waals surface area contributed by atoms with Crippen molar-refractivity contribution in [3.05, 3.63) is 33.8 Å². The summed E-state index contributed by atoms with van der Waals surface area (Å²) in [4.78, 5) is 17.2. The van der Waals surface area contributed by atoms with Crippen LogP contribution in [0.2, 0.25) is 0 Å². The van der Waals surface area contributed by atoms with Gasteiger partial charge in [0.25, 0.3) is 0 Å². The molecule has 0 atom stereocenters. The van der Waals surface area contributed by atoms with E-state index in [1.165, 1.54) is 17.3 Å². The van der Waals surface area contributed by atoms with E-state index >= 15 is 0 Å². The Hall–Kier alpha value is -1.07. The number of esters is 1. The number of ether oxygens (including phenoxy) is 1. The fraction of sp³-hybridized carbons (Fsp3) is 0.273. The van der Waals surface area contributed by atoms with Crippen molar-refractivity contribution in [2.75, 3.05) is 6.61 Å². The van der Waals surface area contributed by atoms with Crippen LogP contribution in [0.4, 0.5) is 0 Å². The topological polar surface area (TPSA) is 41.9 Å². The zero-order valence-electron chi connectivity index (χ0n) is 9.54. The maximum atomic E-state index is 11.6. The Labute approximate surface area is 113 Å². The molecular formula is C11H12BrClN2O2. The average Bonchev–Trinajstić information content (AvgIpc) is 2.28. The first-order valence-electron chi connectivity index (χ1n) is 4.92. The first kappa shape index (κ1) is 14.0. The standard InChI is InChI=1S/C11H12BrClN2O2/c1-4-15-9(13)8(11(16)17-5-2)6-14-10(15)7(3)12/h4,6H,1,5H2,2-3H3/b10-7+. The molecule has 0 radical (unpaired) electrons. The maximum absolute atomic E-state index is 11.6. The van der Waals surface area contributed by atoms with Gasteiger partial charge in [-0.2, -0.15) is 0 Å². The highest BCUT2D eigenvalue weighted by Crippen LogP contribution is 2.29. The van der Waals surface area contributed by atoms with Crippen molar-refractivity contribution >= 4 is 39.7 Å². The van der Waals surface area contributed by atoms with Gasteiger partial charge < -0.3 is 4.74 Å². The smallest absolute Gasteiger partial charge is 0.342 e. The summed E-state index contributed by atoms with van der Waals surface area (Å²) in [5.41, 5.74) is 0.214. The summed E-state index contributed by atoms with van der Waals surface area (Å²) < 4.78 is 5.67. The molecule has 0 aromatic carbocycles. The third-order valence-electron chi connectivity index (χ3n) is 1.96. The monoisotopic (exact) mass is 318 g/mol. The Morgan fingerprint density at radius 3 is 2.88 bits per heavy atom. The fourth-order valence-corrected chi connectivity index (χ4v) is 1.80. The normalized spacial score (nSPS) is 18.2. The quantitative estimate of drug-likeness (QED) is 0.593. The van der Waals surface area contributed by atoms with E-state index in [-0.39, 0.29) is 17.3 Å². The first-order valence-corrected chi connectivity index (χ1v) is 6.09. The number of hydrogen-bond donors (Lipinski definition) is 0. The van der Waals surface area contributed by atoms with Crippen LogP contribution in [0.5, 0.6) is 0 Å². The molecular weight excluding hydrogens is 307 g/mol. The Balaban J connectivity index is 3.16. The summed E-state index contributed by atoms with van der Waals surface area (Å²) in [6.45, 7) is 7.47. The average molecular weight is 320 g/mol. The highest BCUT2D eigenvalue weighted by Gasteiger charge is 2.24. The summed E-state index contributed by atoms with van der Waals surface area (Å²) in [7, 11) is 0. The van der Waals surface area contributed by atoms with Crippen molar-refractivity contribution in [1.29, 1.82) is 0 Å². The molecule has 0 N–H and O–H groups in total. The molecule has 0 amide bonds. The van der Waals surface area contributed by atoms with Crippen LogP contribution in [-0.2, 0) is 9.53 Å². The second kappa shape index (κ2) is 6.02. The third-order valence-corrected chi connectivity index (χ3v) is 2.70. The Morgan fingerprint density at radius 1 is 1.76 bits per heavy atom. The number of nitrogens with zero attached hydrogens (tertiary/aromatic N) is 2. The number of carbonyl (C=O) groups is 1. The number of aliphatic imine (C=N–C) groups is 1. The van der Waals surface area contributed by atoms with Gasteiger partial charge in [0.15, 0.2) is 0 Å². The molecule has 0 spiro atoms. The fourth-order valence-electron chi connectivity index (χ4n) is 1.23. The van der Waals surface area contributed by atoms with Gasteiger partial charge in [0.1, 0.15) is 16.6 Å². The number of halogens is 2. The summed E-state index contributed by atoms with van der Waals surface area (Å²) in [6, 6.07) is 0. The molecule has 0 saturated carbocycles. The van der Waals surface area contributed by atoms with Crippen molar-refractivity contribution in [1.82, 2.24) is 4.90 Å². The van der Waals surface area contributed by atoms with E-state index in [0.29, 0.717) is 5.82 Å².